The molecule has 0 unspecified atom stereocenters. The molecule has 0 aliphatic carbocycles. The molecule has 0 bridgehead atoms. The predicted molar refractivity (Wildman–Crippen MR) is 88.2 cm³/mol. The van der Waals surface area contributed by atoms with Crippen LogP contribution >= 0.6 is 0 Å². The van der Waals surface area contributed by atoms with Crippen molar-refractivity contribution in [3.05, 3.63) is 35.9 Å². The van der Waals surface area contributed by atoms with Gasteiger partial charge in [-0.15, -0.1) is 0 Å². The smallest absolute Gasteiger partial charge is 0.303 e. The third kappa shape index (κ3) is 11.9. The number of carbonyl (C=O) groups is 2. The molecule has 0 aromatic heterocycles. The number of aliphatic carboxylic acids is 1. The molecule has 1 amide bonds. The topological polar surface area (TPSA) is 106 Å². The zero-order chi connectivity index (χ0) is 17.0. The van der Waals surface area contributed by atoms with E-state index in [9.17, 15) is 9.59 Å². The zero-order valence-corrected chi connectivity index (χ0v) is 13.5. The summed E-state index contributed by atoms with van der Waals surface area (Å²) in [5.74, 6) is -1.02. The van der Waals surface area contributed by atoms with E-state index in [0.717, 1.165) is 19.4 Å². The molecule has 1 aromatic rings. The Hall–Kier alpha value is -1.88. The van der Waals surface area contributed by atoms with E-state index in [2.05, 4.69) is 12.1 Å². The molecule has 0 heterocycles. The molecule has 22 heavy (non-hydrogen) atoms. The zero-order valence-electron chi connectivity index (χ0n) is 13.5. The predicted octanol–water partition coefficient (Wildman–Crippen LogP) is 2.19. The number of carbonyl (C=O) groups excluding carboxylic acids is 1. The van der Waals surface area contributed by atoms with Gasteiger partial charge in [-0.1, -0.05) is 44.2 Å². The van der Waals surface area contributed by atoms with E-state index in [1.54, 1.807) is 0 Å². The van der Waals surface area contributed by atoms with Gasteiger partial charge in [0.1, 0.15) is 0 Å². The van der Waals surface area contributed by atoms with Crippen LogP contribution < -0.4 is 11.5 Å². The van der Waals surface area contributed by atoms with E-state index in [4.69, 9.17) is 16.6 Å². The Bertz CT molecular complexity index is 417. The number of carboxylic acid groups (broad SMARTS) is 1. The lowest BCUT2D eigenvalue weighted by Gasteiger charge is -2.14. The van der Waals surface area contributed by atoms with Crippen molar-refractivity contribution < 1.29 is 14.7 Å². The van der Waals surface area contributed by atoms with Gasteiger partial charge in [0.25, 0.3) is 0 Å². The summed E-state index contributed by atoms with van der Waals surface area (Å²) in [6.45, 7) is 4.73. The van der Waals surface area contributed by atoms with Gasteiger partial charge in [0.05, 0.1) is 0 Å². The minimum Gasteiger partial charge on any atom is -0.481 e. The first kappa shape index (κ1) is 20.1. The first-order valence-electron chi connectivity index (χ1n) is 7.59. The van der Waals surface area contributed by atoms with Crippen LogP contribution in [0.2, 0.25) is 0 Å². The van der Waals surface area contributed by atoms with Crippen molar-refractivity contribution in [2.24, 2.45) is 23.3 Å². The Kier molecular flexibility index (Phi) is 10.7. The number of primary amides is 1. The maximum absolute atomic E-state index is 10.6. The molecule has 1 aromatic carbocycles. The van der Waals surface area contributed by atoms with Gasteiger partial charge >= 0.3 is 5.97 Å². The van der Waals surface area contributed by atoms with Crippen molar-refractivity contribution in [3.63, 3.8) is 0 Å². The van der Waals surface area contributed by atoms with Gasteiger partial charge in [0.2, 0.25) is 5.91 Å². The maximum atomic E-state index is 10.6. The molecule has 0 spiro atoms. The lowest BCUT2D eigenvalue weighted by atomic mass is 9.91. The Morgan fingerprint density at radius 2 is 1.73 bits per heavy atom. The lowest BCUT2D eigenvalue weighted by Crippen LogP contribution is -2.19. The van der Waals surface area contributed by atoms with Crippen molar-refractivity contribution in [1.82, 2.24) is 0 Å². The molecule has 5 heteroatoms. The van der Waals surface area contributed by atoms with Crippen molar-refractivity contribution in [2.45, 2.75) is 39.5 Å². The highest BCUT2D eigenvalue weighted by atomic mass is 16.4. The number of hydrogen-bond acceptors (Lipinski definition) is 3. The standard InChI is InChI=1S/C9H17NO3.C8H11N/c1-6(2)3-7(4-8(10)11)5-9(12)13;9-7-6-8-4-2-1-3-5-8/h6-7H,3-5H2,1-2H3,(H2,10,11)(H,12,13);1-5H,6-7,9H2/t7-;/m1./s1. The molecule has 0 aliphatic heterocycles. The molecule has 124 valence electrons. The van der Waals surface area contributed by atoms with Crippen molar-refractivity contribution in [2.75, 3.05) is 6.54 Å². The lowest BCUT2D eigenvalue weighted by molar-refractivity contribution is -0.138. The van der Waals surface area contributed by atoms with E-state index >= 15 is 0 Å². The minimum atomic E-state index is -0.869. The fourth-order valence-electron chi connectivity index (χ4n) is 2.25. The van der Waals surface area contributed by atoms with Crippen molar-refractivity contribution in [3.8, 4) is 0 Å². The van der Waals surface area contributed by atoms with E-state index in [-0.39, 0.29) is 18.8 Å². The Balaban J connectivity index is 0.000000425. The SMILES string of the molecule is CC(C)C[C@H](CC(N)=O)CC(=O)O.NCCc1ccccc1. The highest BCUT2D eigenvalue weighted by Crippen LogP contribution is 2.18. The summed E-state index contributed by atoms with van der Waals surface area (Å²) in [5, 5.41) is 8.56. The van der Waals surface area contributed by atoms with E-state index in [1.165, 1.54) is 5.56 Å². The summed E-state index contributed by atoms with van der Waals surface area (Å²) in [4.78, 5) is 21.0. The van der Waals surface area contributed by atoms with Crippen LogP contribution in [0.3, 0.4) is 0 Å². The van der Waals surface area contributed by atoms with E-state index in [0.29, 0.717) is 5.92 Å². The van der Waals surface area contributed by atoms with Crippen LogP contribution in [0.15, 0.2) is 30.3 Å². The second-order valence-electron chi connectivity index (χ2n) is 5.79. The van der Waals surface area contributed by atoms with Crippen LogP contribution in [0, 0.1) is 11.8 Å². The number of benzene rings is 1. The van der Waals surface area contributed by atoms with Crippen molar-refractivity contribution in [1.29, 1.82) is 0 Å². The second kappa shape index (κ2) is 11.7. The molecule has 0 saturated heterocycles. The molecule has 1 atom stereocenters. The summed E-state index contributed by atoms with van der Waals surface area (Å²) < 4.78 is 0. The molecule has 1 rings (SSSR count). The normalized spacial score (nSPS) is 11.5. The van der Waals surface area contributed by atoms with Crippen LogP contribution in [0.25, 0.3) is 0 Å². The average Bonchev–Trinajstić information content (AvgIpc) is 2.38. The first-order valence-corrected chi connectivity index (χ1v) is 7.59. The Morgan fingerprint density at radius 3 is 2.14 bits per heavy atom. The van der Waals surface area contributed by atoms with Gasteiger partial charge < -0.3 is 16.6 Å². The van der Waals surface area contributed by atoms with Gasteiger partial charge in [-0.25, -0.2) is 0 Å². The second-order valence-corrected chi connectivity index (χ2v) is 5.79. The fraction of sp³-hybridized carbons (Fsp3) is 0.529. The van der Waals surface area contributed by atoms with Crippen LogP contribution in [0.1, 0.15) is 38.7 Å². The van der Waals surface area contributed by atoms with E-state index < -0.39 is 11.9 Å². The summed E-state index contributed by atoms with van der Waals surface area (Å²) >= 11 is 0. The van der Waals surface area contributed by atoms with Crippen LogP contribution in [-0.4, -0.2) is 23.5 Å². The minimum absolute atomic E-state index is 0.0289. The molecule has 0 saturated carbocycles. The molecular weight excluding hydrogens is 280 g/mol. The third-order valence-electron chi connectivity index (χ3n) is 3.03. The Labute approximate surface area is 132 Å². The summed E-state index contributed by atoms with van der Waals surface area (Å²) in [6.07, 6.45) is 1.92. The molecule has 5 nitrogen and oxygen atoms in total. The van der Waals surface area contributed by atoms with Gasteiger partial charge in [-0.05, 0) is 36.8 Å². The number of nitrogens with two attached hydrogens (primary N) is 2. The quantitative estimate of drug-likeness (QED) is 0.684. The van der Waals surface area contributed by atoms with Gasteiger partial charge in [-0.2, -0.15) is 0 Å². The van der Waals surface area contributed by atoms with Crippen LogP contribution in [-0.2, 0) is 16.0 Å². The molecule has 0 aliphatic rings. The summed E-state index contributed by atoms with van der Waals surface area (Å²) in [7, 11) is 0. The van der Waals surface area contributed by atoms with Crippen LogP contribution in [0.4, 0.5) is 0 Å². The monoisotopic (exact) mass is 308 g/mol. The molecule has 0 fully saturated rings. The number of hydrogen-bond donors (Lipinski definition) is 3. The third-order valence-corrected chi connectivity index (χ3v) is 3.03. The van der Waals surface area contributed by atoms with E-state index in [1.807, 2.05) is 32.0 Å². The molecule has 0 radical (unpaired) electrons. The van der Waals surface area contributed by atoms with Gasteiger partial charge in [-0.3, -0.25) is 9.59 Å². The van der Waals surface area contributed by atoms with Crippen molar-refractivity contribution >= 4 is 11.9 Å². The number of rotatable bonds is 8. The highest BCUT2D eigenvalue weighted by Gasteiger charge is 2.16. The van der Waals surface area contributed by atoms with Gasteiger partial charge in [0.15, 0.2) is 0 Å². The largest absolute Gasteiger partial charge is 0.481 e. The summed E-state index contributed by atoms with van der Waals surface area (Å²) in [6, 6.07) is 10.3. The fourth-order valence-corrected chi connectivity index (χ4v) is 2.25. The Morgan fingerprint density at radius 1 is 1.14 bits per heavy atom. The number of amides is 1. The highest BCUT2D eigenvalue weighted by molar-refractivity contribution is 5.75. The van der Waals surface area contributed by atoms with Gasteiger partial charge in [0, 0.05) is 12.8 Å². The van der Waals surface area contributed by atoms with Crippen LogP contribution in [0.5, 0.6) is 0 Å². The first-order chi connectivity index (χ1) is 10.3. The summed E-state index contributed by atoms with van der Waals surface area (Å²) in [5.41, 5.74) is 11.7. The maximum Gasteiger partial charge on any atom is 0.303 e. The molecule has 5 N–H and O–H groups in total. The number of carboxylic acids is 1. The average molecular weight is 308 g/mol. The molecular formula is C17H28N2O3.